The number of ether oxygens (including phenoxy) is 1. The van der Waals surface area contributed by atoms with Gasteiger partial charge >= 0.3 is 6.18 Å². The van der Waals surface area contributed by atoms with Gasteiger partial charge in [0.05, 0.1) is 19.3 Å². The van der Waals surface area contributed by atoms with E-state index in [0.29, 0.717) is 49.3 Å². The summed E-state index contributed by atoms with van der Waals surface area (Å²) in [6.07, 6.45) is -1.70. The Hall–Kier alpha value is -2.29. The van der Waals surface area contributed by atoms with Crippen LogP contribution in [0.3, 0.4) is 0 Å². The third-order valence-electron chi connectivity index (χ3n) is 6.60. The average Bonchev–Trinajstić information content (AvgIpc) is 2.76. The molecule has 0 radical (unpaired) electrons. The highest BCUT2D eigenvalue weighted by molar-refractivity contribution is 5.74. The standard InChI is InChI=1S/C26H31F3N2O3/c1-14(2)23-22(24(33)16-5-6-19(30-13-16)26(27,28)29)20(15-7-9-34-10-8-15)21-17(31-23)11-25(3,4)12-18(21)32/h5-7,13-14,18,24,32-33H,8-12H2,1-4H3. The molecule has 2 aromatic rings. The van der Waals surface area contributed by atoms with Gasteiger partial charge in [0.1, 0.15) is 11.8 Å². The largest absolute Gasteiger partial charge is 0.433 e. The van der Waals surface area contributed by atoms with Crippen LogP contribution in [-0.2, 0) is 17.3 Å². The lowest BCUT2D eigenvalue weighted by Gasteiger charge is -2.38. The van der Waals surface area contributed by atoms with Crippen LogP contribution in [0.4, 0.5) is 13.2 Å². The third-order valence-corrected chi connectivity index (χ3v) is 6.60. The summed E-state index contributed by atoms with van der Waals surface area (Å²) in [7, 11) is 0. The lowest BCUT2D eigenvalue weighted by atomic mass is 9.71. The molecule has 0 amide bonds. The Morgan fingerprint density at radius 1 is 1.21 bits per heavy atom. The normalized spacial score (nSPS) is 21.2. The highest BCUT2D eigenvalue weighted by Crippen LogP contribution is 2.47. The van der Waals surface area contributed by atoms with Crippen LogP contribution in [0, 0.1) is 5.41 Å². The molecule has 5 nitrogen and oxygen atoms in total. The first-order valence-corrected chi connectivity index (χ1v) is 11.6. The molecule has 184 valence electrons. The SMILES string of the molecule is CC(C)c1nc2c(c(C3=CCOCC3)c1C(O)c1ccc(C(F)(F)F)nc1)C(O)CC(C)(C)C2. The zero-order chi connectivity index (χ0) is 24.8. The van der Waals surface area contributed by atoms with Crippen LogP contribution in [0.15, 0.2) is 24.4 Å². The number of hydrogen-bond donors (Lipinski definition) is 2. The summed E-state index contributed by atoms with van der Waals surface area (Å²) < 4.78 is 44.6. The van der Waals surface area contributed by atoms with Crippen LogP contribution in [0.1, 0.15) is 98.0 Å². The Kier molecular flexibility index (Phi) is 6.61. The van der Waals surface area contributed by atoms with Crippen molar-refractivity contribution in [1.29, 1.82) is 0 Å². The van der Waals surface area contributed by atoms with Crippen LogP contribution in [0.5, 0.6) is 0 Å². The molecule has 4 rings (SSSR count). The molecule has 2 unspecified atom stereocenters. The Morgan fingerprint density at radius 2 is 1.94 bits per heavy atom. The van der Waals surface area contributed by atoms with Crippen molar-refractivity contribution in [1.82, 2.24) is 9.97 Å². The maximum absolute atomic E-state index is 13.0. The number of rotatable bonds is 4. The van der Waals surface area contributed by atoms with Gasteiger partial charge in [-0.1, -0.05) is 39.8 Å². The number of fused-ring (bicyclic) bond motifs is 1. The number of alkyl halides is 3. The Labute approximate surface area is 197 Å². The van der Waals surface area contributed by atoms with E-state index in [-0.39, 0.29) is 16.9 Å². The Balaban J connectivity index is 1.95. The number of aromatic nitrogens is 2. The number of pyridine rings is 2. The lowest BCUT2D eigenvalue weighted by Crippen LogP contribution is -2.30. The van der Waals surface area contributed by atoms with Crippen LogP contribution in [-0.4, -0.2) is 33.4 Å². The minimum Gasteiger partial charge on any atom is -0.388 e. The van der Waals surface area contributed by atoms with E-state index in [4.69, 9.17) is 9.72 Å². The average molecular weight is 477 g/mol. The van der Waals surface area contributed by atoms with E-state index in [2.05, 4.69) is 18.8 Å². The fourth-order valence-electron chi connectivity index (χ4n) is 5.05. The van der Waals surface area contributed by atoms with E-state index in [1.165, 1.54) is 6.07 Å². The first-order chi connectivity index (χ1) is 15.9. The second-order valence-corrected chi connectivity index (χ2v) is 10.3. The molecule has 8 heteroatoms. The van der Waals surface area contributed by atoms with E-state index in [9.17, 15) is 23.4 Å². The van der Waals surface area contributed by atoms with Gasteiger partial charge < -0.3 is 14.9 Å². The van der Waals surface area contributed by atoms with Gasteiger partial charge in [0.25, 0.3) is 0 Å². The van der Waals surface area contributed by atoms with Crippen molar-refractivity contribution in [2.24, 2.45) is 5.41 Å². The van der Waals surface area contributed by atoms with Crippen LogP contribution >= 0.6 is 0 Å². The second kappa shape index (κ2) is 9.06. The van der Waals surface area contributed by atoms with Crippen LogP contribution in [0.25, 0.3) is 5.57 Å². The maximum atomic E-state index is 13.0. The molecule has 0 spiro atoms. The second-order valence-electron chi connectivity index (χ2n) is 10.3. The molecule has 3 heterocycles. The molecule has 1 aliphatic carbocycles. The maximum Gasteiger partial charge on any atom is 0.433 e. The summed E-state index contributed by atoms with van der Waals surface area (Å²) >= 11 is 0. The van der Waals surface area contributed by atoms with Crippen molar-refractivity contribution in [2.75, 3.05) is 13.2 Å². The van der Waals surface area contributed by atoms with Crippen molar-refractivity contribution in [2.45, 2.75) is 71.3 Å². The summed E-state index contributed by atoms with van der Waals surface area (Å²) in [5.74, 6) is -0.0567. The zero-order valence-corrected chi connectivity index (χ0v) is 19.9. The third kappa shape index (κ3) is 4.76. The van der Waals surface area contributed by atoms with E-state index < -0.39 is 24.1 Å². The van der Waals surface area contributed by atoms with Crippen molar-refractivity contribution in [3.05, 3.63) is 63.7 Å². The van der Waals surface area contributed by atoms with Gasteiger partial charge in [-0.15, -0.1) is 0 Å². The topological polar surface area (TPSA) is 75.5 Å². The van der Waals surface area contributed by atoms with Gasteiger partial charge in [-0.05, 0) is 47.8 Å². The van der Waals surface area contributed by atoms with E-state index in [1.54, 1.807) is 0 Å². The van der Waals surface area contributed by atoms with E-state index >= 15 is 0 Å². The fraction of sp³-hybridized carbons (Fsp3) is 0.538. The van der Waals surface area contributed by atoms with Crippen molar-refractivity contribution in [3.8, 4) is 0 Å². The smallest absolute Gasteiger partial charge is 0.388 e. The van der Waals surface area contributed by atoms with Crippen LogP contribution in [0.2, 0.25) is 0 Å². The number of halogens is 3. The molecule has 1 aliphatic heterocycles. The first-order valence-electron chi connectivity index (χ1n) is 11.6. The summed E-state index contributed by atoms with van der Waals surface area (Å²) in [6, 6.07) is 2.13. The summed E-state index contributed by atoms with van der Waals surface area (Å²) in [6.45, 7) is 9.08. The molecular weight excluding hydrogens is 445 g/mol. The quantitative estimate of drug-likeness (QED) is 0.609. The number of aliphatic hydroxyl groups is 2. The molecule has 2 N–H and O–H groups in total. The van der Waals surface area contributed by atoms with E-state index in [0.717, 1.165) is 29.1 Å². The zero-order valence-electron chi connectivity index (χ0n) is 19.9. The van der Waals surface area contributed by atoms with Crippen molar-refractivity contribution in [3.63, 3.8) is 0 Å². The first kappa shape index (κ1) is 24.8. The predicted molar refractivity (Wildman–Crippen MR) is 122 cm³/mol. The number of aliphatic hydroxyl groups excluding tert-OH is 2. The van der Waals surface area contributed by atoms with Gasteiger partial charge in [-0.2, -0.15) is 13.2 Å². The molecule has 0 bridgehead atoms. The highest BCUT2D eigenvalue weighted by atomic mass is 19.4. The minimum absolute atomic E-state index is 0.0567. The van der Waals surface area contributed by atoms with Gasteiger partial charge in [-0.3, -0.25) is 9.97 Å². The monoisotopic (exact) mass is 476 g/mol. The van der Waals surface area contributed by atoms with Gasteiger partial charge in [0, 0.05) is 34.3 Å². The van der Waals surface area contributed by atoms with Crippen molar-refractivity contribution >= 4 is 5.57 Å². The van der Waals surface area contributed by atoms with Gasteiger partial charge in [-0.25, -0.2) is 0 Å². The molecular formula is C26H31F3N2O3. The van der Waals surface area contributed by atoms with Gasteiger partial charge in [0.2, 0.25) is 0 Å². The molecule has 0 saturated carbocycles. The summed E-state index contributed by atoms with van der Waals surface area (Å²) in [5, 5.41) is 22.7. The molecule has 2 aromatic heterocycles. The number of nitrogens with zero attached hydrogens (tertiary/aromatic N) is 2. The minimum atomic E-state index is -4.56. The Bertz CT molecular complexity index is 1090. The van der Waals surface area contributed by atoms with E-state index in [1.807, 2.05) is 19.9 Å². The van der Waals surface area contributed by atoms with Gasteiger partial charge in [0.15, 0.2) is 0 Å². The fourth-order valence-corrected chi connectivity index (χ4v) is 5.05. The molecule has 34 heavy (non-hydrogen) atoms. The number of hydrogen-bond acceptors (Lipinski definition) is 5. The molecule has 0 fully saturated rings. The molecule has 2 aliphatic rings. The molecule has 0 saturated heterocycles. The van der Waals surface area contributed by atoms with Crippen molar-refractivity contribution < 1.29 is 28.1 Å². The van der Waals surface area contributed by atoms with Crippen LogP contribution < -0.4 is 0 Å². The summed E-state index contributed by atoms with van der Waals surface area (Å²) in [5.41, 5.74) is 3.55. The predicted octanol–water partition coefficient (Wildman–Crippen LogP) is 5.51. The Morgan fingerprint density at radius 3 is 2.50 bits per heavy atom. The molecule has 0 aromatic carbocycles. The highest BCUT2D eigenvalue weighted by Gasteiger charge is 2.38. The summed E-state index contributed by atoms with van der Waals surface area (Å²) in [4.78, 5) is 8.48. The lowest BCUT2D eigenvalue weighted by molar-refractivity contribution is -0.141. The molecule has 2 atom stereocenters.